The lowest BCUT2D eigenvalue weighted by atomic mass is 10.0. The van der Waals surface area contributed by atoms with Crippen LogP contribution in [-0.2, 0) is 22.7 Å². The monoisotopic (exact) mass is 500 g/mol. The van der Waals surface area contributed by atoms with E-state index in [2.05, 4.69) is 45.0 Å². The first-order valence-electron chi connectivity index (χ1n) is 12.7. The van der Waals surface area contributed by atoms with Crippen molar-refractivity contribution in [3.63, 3.8) is 0 Å². The molecule has 0 aliphatic carbocycles. The molecule has 0 heterocycles. The molecule has 0 radical (unpaired) electrons. The molecular weight excluding hydrogens is 464 g/mol. The quantitative estimate of drug-likeness (QED) is 0.122. The normalized spacial score (nSPS) is 12.2. The summed E-state index contributed by atoms with van der Waals surface area (Å²) in [4.78, 5) is 27.6. The van der Waals surface area contributed by atoms with Crippen molar-refractivity contribution in [2.24, 2.45) is 5.16 Å². The number of carbonyl (C=O) groups excluding carboxylic acids is 2. The molecule has 0 saturated heterocycles. The number of hydrogen-bond acceptors (Lipinski definition) is 5. The third-order valence-corrected chi connectivity index (χ3v) is 6.24. The van der Waals surface area contributed by atoms with Gasteiger partial charge in [0.05, 0.1) is 6.04 Å². The third-order valence-electron chi connectivity index (χ3n) is 6.24. The Hall–Kier alpha value is -3.97. The van der Waals surface area contributed by atoms with Gasteiger partial charge in [0.1, 0.15) is 5.71 Å². The molecule has 3 N–H and O–H groups in total. The third kappa shape index (κ3) is 9.20. The first kappa shape index (κ1) is 27.6. The van der Waals surface area contributed by atoms with Gasteiger partial charge in [-0.05, 0) is 42.5 Å². The summed E-state index contributed by atoms with van der Waals surface area (Å²) in [5, 5.41) is 17.8. The molecule has 0 bridgehead atoms. The summed E-state index contributed by atoms with van der Waals surface area (Å²) in [6.45, 7) is 1.28. The molecule has 1 atom stereocenters. The number of para-hydroxylation sites is 1. The summed E-state index contributed by atoms with van der Waals surface area (Å²) < 4.78 is 0. The van der Waals surface area contributed by atoms with E-state index in [1.54, 1.807) is 0 Å². The molecule has 3 rings (SSSR count). The Morgan fingerprint density at radius 3 is 1.86 bits per heavy atom. The summed E-state index contributed by atoms with van der Waals surface area (Å²) in [6.07, 6.45) is 3.32. The van der Waals surface area contributed by atoms with Gasteiger partial charge in [0.25, 0.3) is 5.91 Å². The van der Waals surface area contributed by atoms with E-state index in [-0.39, 0.29) is 23.6 Å². The molecule has 0 unspecified atom stereocenters. The van der Waals surface area contributed by atoms with Gasteiger partial charge in [0.2, 0.25) is 5.91 Å². The van der Waals surface area contributed by atoms with Crippen LogP contribution in [0.15, 0.2) is 96.2 Å². The van der Waals surface area contributed by atoms with Gasteiger partial charge in [-0.25, -0.2) is 0 Å². The smallest absolute Gasteiger partial charge is 0.268 e. The van der Waals surface area contributed by atoms with Crippen LogP contribution < -0.4 is 10.6 Å². The predicted molar refractivity (Wildman–Crippen MR) is 147 cm³/mol. The molecule has 7 nitrogen and oxygen atoms in total. The second-order valence-corrected chi connectivity index (χ2v) is 8.97. The molecule has 7 heteroatoms. The zero-order valence-electron chi connectivity index (χ0n) is 21.3. The first-order chi connectivity index (χ1) is 18.1. The standard InChI is InChI=1S/C30H36N4O3/c1-31-29(35)27(33-37)20-12-5-13-21-28(30(36)32-26-18-10-4-11-19-26)34(22-24-14-6-2-7-15-24)23-25-16-8-3-9-17-25/h2-4,6-11,14-19,28,37H,5,12-13,20-23H2,1H3,(H,31,35)(H,32,36)/b33-27-/t28-/m0/s1. The topological polar surface area (TPSA) is 94.0 Å². The van der Waals surface area contributed by atoms with Gasteiger partial charge in [-0.2, -0.15) is 0 Å². The summed E-state index contributed by atoms with van der Waals surface area (Å²) in [6, 6.07) is 29.5. The van der Waals surface area contributed by atoms with E-state index in [0.29, 0.717) is 32.4 Å². The number of benzene rings is 3. The van der Waals surface area contributed by atoms with Crippen molar-refractivity contribution in [3.8, 4) is 0 Å². The van der Waals surface area contributed by atoms with Crippen LogP contribution in [0.3, 0.4) is 0 Å². The number of oxime groups is 1. The number of nitrogens with zero attached hydrogens (tertiary/aromatic N) is 2. The van der Waals surface area contributed by atoms with Gasteiger partial charge in [-0.3, -0.25) is 14.5 Å². The van der Waals surface area contributed by atoms with Crippen LogP contribution in [0.2, 0.25) is 0 Å². The first-order valence-corrected chi connectivity index (χ1v) is 12.7. The molecule has 0 spiro atoms. The van der Waals surface area contributed by atoms with Gasteiger partial charge in [0.15, 0.2) is 0 Å². The Morgan fingerprint density at radius 1 is 0.811 bits per heavy atom. The minimum absolute atomic E-state index is 0.0407. The van der Waals surface area contributed by atoms with E-state index in [1.165, 1.54) is 7.05 Å². The highest BCUT2D eigenvalue weighted by molar-refractivity contribution is 6.38. The molecule has 0 fully saturated rings. The van der Waals surface area contributed by atoms with Crippen molar-refractivity contribution in [2.75, 3.05) is 12.4 Å². The maximum atomic E-state index is 13.6. The van der Waals surface area contributed by atoms with Crippen molar-refractivity contribution in [2.45, 2.75) is 51.2 Å². The highest BCUT2D eigenvalue weighted by Gasteiger charge is 2.26. The van der Waals surface area contributed by atoms with Gasteiger partial charge in [0, 0.05) is 25.8 Å². The van der Waals surface area contributed by atoms with Gasteiger partial charge < -0.3 is 15.8 Å². The zero-order valence-corrected chi connectivity index (χ0v) is 21.3. The number of hydrogen-bond donors (Lipinski definition) is 3. The van der Waals surface area contributed by atoms with Gasteiger partial charge in [-0.1, -0.05) is 96.9 Å². The van der Waals surface area contributed by atoms with Crippen LogP contribution in [0.4, 0.5) is 5.69 Å². The summed E-state index contributed by atoms with van der Waals surface area (Å²) in [5.41, 5.74) is 3.18. The number of amides is 2. The van der Waals surface area contributed by atoms with Crippen molar-refractivity contribution in [1.29, 1.82) is 0 Å². The Kier molecular flexibility index (Phi) is 11.4. The minimum Gasteiger partial charge on any atom is -0.410 e. The van der Waals surface area contributed by atoms with E-state index in [9.17, 15) is 9.59 Å². The Bertz CT molecular complexity index is 1080. The van der Waals surface area contributed by atoms with Crippen molar-refractivity contribution in [1.82, 2.24) is 10.2 Å². The Balaban J connectivity index is 1.75. The molecular formula is C30H36N4O3. The molecule has 37 heavy (non-hydrogen) atoms. The van der Waals surface area contributed by atoms with E-state index in [0.717, 1.165) is 29.7 Å². The Labute approximate surface area is 219 Å². The second-order valence-electron chi connectivity index (χ2n) is 8.97. The molecule has 0 aliphatic rings. The van der Waals surface area contributed by atoms with Crippen LogP contribution >= 0.6 is 0 Å². The fraction of sp³-hybridized carbons (Fsp3) is 0.300. The maximum Gasteiger partial charge on any atom is 0.268 e. The molecule has 3 aromatic carbocycles. The molecule has 2 amide bonds. The summed E-state index contributed by atoms with van der Waals surface area (Å²) in [7, 11) is 1.51. The number of unbranched alkanes of at least 4 members (excludes halogenated alkanes) is 2. The molecule has 194 valence electrons. The highest BCUT2D eigenvalue weighted by Crippen LogP contribution is 2.20. The fourth-order valence-corrected chi connectivity index (χ4v) is 4.30. The average Bonchev–Trinajstić information content (AvgIpc) is 2.93. The van der Waals surface area contributed by atoms with Crippen LogP contribution in [-0.4, -0.2) is 40.7 Å². The molecule has 3 aromatic rings. The molecule has 0 saturated carbocycles. The predicted octanol–water partition coefficient (Wildman–Crippen LogP) is 5.22. The fourth-order valence-electron chi connectivity index (χ4n) is 4.30. The molecule has 0 aromatic heterocycles. The lowest BCUT2D eigenvalue weighted by molar-refractivity contribution is -0.122. The van der Waals surface area contributed by atoms with Crippen molar-refractivity contribution in [3.05, 3.63) is 102 Å². The van der Waals surface area contributed by atoms with Crippen LogP contribution in [0.25, 0.3) is 0 Å². The number of carbonyl (C=O) groups is 2. The average molecular weight is 501 g/mol. The SMILES string of the molecule is CNC(=O)/C(CCCCC[C@@H](C(=O)Nc1ccccc1)N(Cc1ccccc1)Cc1ccccc1)=N\O. The van der Waals surface area contributed by atoms with Crippen molar-refractivity contribution >= 4 is 23.2 Å². The maximum absolute atomic E-state index is 13.6. The number of nitrogens with one attached hydrogen (secondary N) is 2. The van der Waals surface area contributed by atoms with E-state index in [4.69, 9.17) is 5.21 Å². The van der Waals surface area contributed by atoms with E-state index in [1.807, 2.05) is 66.7 Å². The Morgan fingerprint density at radius 2 is 1.35 bits per heavy atom. The van der Waals surface area contributed by atoms with Crippen LogP contribution in [0.5, 0.6) is 0 Å². The summed E-state index contributed by atoms with van der Waals surface area (Å²) >= 11 is 0. The zero-order chi connectivity index (χ0) is 26.3. The largest absolute Gasteiger partial charge is 0.410 e. The lowest BCUT2D eigenvalue weighted by Crippen LogP contribution is -2.43. The van der Waals surface area contributed by atoms with Gasteiger partial charge in [-0.15, -0.1) is 0 Å². The summed E-state index contributed by atoms with van der Waals surface area (Å²) in [5.74, 6) is -0.416. The lowest BCUT2D eigenvalue weighted by Gasteiger charge is -2.31. The van der Waals surface area contributed by atoms with Crippen LogP contribution in [0, 0.1) is 0 Å². The van der Waals surface area contributed by atoms with Crippen molar-refractivity contribution < 1.29 is 14.8 Å². The van der Waals surface area contributed by atoms with Crippen LogP contribution in [0.1, 0.15) is 43.2 Å². The second kappa shape index (κ2) is 15.2. The highest BCUT2D eigenvalue weighted by atomic mass is 16.4. The van der Waals surface area contributed by atoms with Gasteiger partial charge >= 0.3 is 0 Å². The number of anilines is 1. The van der Waals surface area contributed by atoms with E-state index >= 15 is 0 Å². The minimum atomic E-state index is -0.375. The van der Waals surface area contributed by atoms with E-state index < -0.39 is 0 Å². The number of rotatable bonds is 14. The molecule has 0 aliphatic heterocycles.